The maximum absolute atomic E-state index is 13.2. The average Bonchev–Trinajstić information content (AvgIpc) is 3.07. The third kappa shape index (κ3) is 3.30. The summed E-state index contributed by atoms with van der Waals surface area (Å²) in [5.74, 6) is 0.120. The lowest BCUT2D eigenvalue weighted by molar-refractivity contribution is 0.0394. The second-order valence-electron chi connectivity index (χ2n) is 7.44. The summed E-state index contributed by atoms with van der Waals surface area (Å²) in [7, 11) is 0. The first kappa shape index (κ1) is 17.7. The molecule has 0 radical (unpaired) electrons. The number of rotatable bonds is 2. The van der Waals surface area contributed by atoms with E-state index in [1.54, 1.807) is 0 Å². The van der Waals surface area contributed by atoms with Gasteiger partial charge in [0, 0.05) is 35.2 Å². The number of carbonyl (C=O) groups is 1. The summed E-state index contributed by atoms with van der Waals surface area (Å²) in [4.78, 5) is 22.5. The molecule has 0 saturated carbocycles. The Morgan fingerprint density at radius 2 is 2.08 bits per heavy atom. The van der Waals surface area contributed by atoms with Crippen molar-refractivity contribution in [3.05, 3.63) is 52.1 Å². The number of hydrogen-bond donors (Lipinski definition) is 0. The molecule has 1 aromatic carbocycles. The van der Waals surface area contributed by atoms with E-state index in [-0.39, 0.29) is 11.9 Å². The topological polar surface area (TPSA) is 36.4 Å². The number of hydrogen-bond acceptors (Lipinski definition) is 3. The Balaban J connectivity index is 1.58. The molecule has 0 N–H and O–H groups in total. The monoisotopic (exact) mass is 413 g/mol. The van der Waals surface area contributed by atoms with Gasteiger partial charge in [-0.05, 0) is 57.5 Å². The molecule has 5 heteroatoms. The Hall–Kier alpha value is -1.72. The molecular weight excluding hydrogens is 390 g/mol. The second kappa shape index (κ2) is 7.12. The van der Waals surface area contributed by atoms with Crippen LogP contribution in [0, 0.1) is 6.92 Å². The molecular formula is C21H24BrN3O. The van der Waals surface area contributed by atoms with Crippen molar-refractivity contribution in [2.24, 2.45) is 0 Å². The van der Waals surface area contributed by atoms with Crippen LogP contribution in [-0.2, 0) is 0 Å². The summed E-state index contributed by atoms with van der Waals surface area (Å²) in [5, 5.41) is 0. The first-order chi connectivity index (χ1) is 12.5. The smallest absolute Gasteiger partial charge is 0.256 e. The molecule has 0 aliphatic carbocycles. The van der Waals surface area contributed by atoms with E-state index < -0.39 is 0 Å². The molecule has 1 aromatic heterocycles. The number of aryl methyl sites for hydroxylation is 1. The van der Waals surface area contributed by atoms with Gasteiger partial charge >= 0.3 is 0 Å². The Labute approximate surface area is 163 Å². The van der Waals surface area contributed by atoms with Crippen LogP contribution in [0.2, 0.25) is 0 Å². The van der Waals surface area contributed by atoms with Gasteiger partial charge in [-0.3, -0.25) is 14.7 Å². The fraction of sp³-hybridized carbons (Fsp3) is 0.429. The Bertz CT molecular complexity index is 838. The summed E-state index contributed by atoms with van der Waals surface area (Å²) in [6, 6.07) is 12.8. The molecule has 2 aliphatic heterocycles. The summed E-state index contributed by atoms with van der Waals surface area (Å²) in [6.07, 6.45) is 2.46. The summed E-state index contributed by atoms with van der Waals surface area (Å²) < 4.78 is 1.03. The SMILES string of the molecule is Cc1nc(-c2cccc(Br)c2)ccc1C(=O)N1CC2CCCN2CC1C. The lowest BCUT2D eigenvalue weighted by Crippen LogP contribution is -2.56. The van der Waals surface area contributed by atoms with E-state index in [0.29, 0.717) is 6.04 Å². The highest BCUT2D eigenvalue weighted by molar-refractivity contribution is 9.10. The molecule has 136 valence electrons. The minimum atomic E-state index is 0.120. The molecule has 2 saturated heterocycles. The number of carbonyl (C=O) groups excluding carboxylic acids is 1. The number of fused-ring (bicyclic) bond motifs is 1. The van der Waals surface area contributed by atoms with E-state index in [0.717, 1.165) is 40.1 Å². The Kier molecular flexibility index (Phi) is 4.84. The zero-order valence-corrected chi connectivity index (χ0v) is 16.9. The normalized spacial score (nSPS) is 23.1. The zero-order chi connectivity index (χ0) is 18.3. The number of aromatic nitrogens is 1. The van der Waals surface area contributed by atoms with Crippen LogP contribution in [0.15, 0.2) is 40.9 Å². The van der Waals surface area contributed by atoms with Gasteiger partial charge in [0.05, 0.1) is 17.0 Å². The summed E-state index contributed by atoms with van der Waals surface area (Å²) in [5.41, 5.74) is 3.47. The highest BCUT2D eigenvalue weighted by Crippen LogP contribution is 2.27. The third-order valence-corrected chi connectivity index (χ3v) is 6.13. The molecule has 4 rings (SSSR count). The van der Waals surface area contributed by atoms with Gasteiger partial charge in [0.15, 0.2) is 0 Å². The van der Waals surface area contributed by atoms with Gasteiger partial charge < -0.3 is 4.90 Å². The van der Waals surface area contributed by atoms with Gasteiger partial charge in [-0.1, -0.05) is 28.1 Å². The van der Waals surface area contributed by atoms with E-state index in [1.807, 2.05) is 43.3 Å². The number of halogens is 1. The van der Waals surface area contributed by atoms with Gasteiger partial charge in [0.1, 0.15) is 0 Å². The highest BCUT2D eigenvalue weighted by atomic mass is 79.9. The molecule has 2 aromatic rings. The first-order valence-corrected chi connectivity index (χ1v) is 10.1. The van der Waals surface area contributed by atoms with E-state index >= 15 is 0 Å². The van der Waals surface area contributed by atoms with E-state index in [1.165, 1.54) is 19.4 Å². The summed E-state index contributed by atoms with van der Waals surface area (Å²) >= 11 is 3.50. The third-order valence-electron chi connectivity index (χ3n) is 5.63. The standard InChI is InChI=1S/C21H24BrN3O/c1-14-12-24-10-4-7-18(24)13-25(14)21(26)19-8-9-20(23-15(19)2)16-5-3-6-17(22)11-16/h3,5-6,8-9,11,14,18H,4,7,10,12-13H2,1-2H3. The van der Waals surface area contributed by atoms with Crippen molar-refractivity contribution in [3.63, 3.8) is 0 Å². The summed E-state index contributed by atoms with van der Waals surface area (Å²) in [6.45, 7) is 7.10. The van der Waals surface area contributed by atoms with Crippen molar-refractivity contribution < 1.29 is 4.79 Å². The first-order valence-electron chi connectivity index (χ1n) is 9.31. The molecule has 2 atom stereocenters. The average molecular weight is 414 g/mol. The minimum absolute atomic E-state index is 0.120. The van der Waals surface area contributed by atoms with Crippen LogP contribution in [0.5, 0.6) is 0 Å². The van der Waals surface area contributed by atoms with Crippen LogP contribution >= 0.6 is 15.9 Å². The number of nitrogens with zero attached hydrogens (tertiary/aromatic N) is 3. The van der Waals surface area contributed by atoms with Crippen LogP contribution < -0.4 is 0 Å². The van der Waals surface area contributed by atoms with E-state index in [4.69, 9.17) is 4.98 Å². The number of pyridine rings is 1. The Morgan fingerprint density at radius 1 is 1.23 bits per heavy atom. The van der Waals surface area contributed by atoms with Crippen LogP contribution in [-0.4, -0.2) is 52.4 Å². The highest BCUT2D eigenvalue weighted by Gasteiger charge is 2.37. The van der Waals surface area contributed by atoms with Crippen molar-refractivity contribution in [2.45, 2.75) is 38.8 Å². The van der Waals surface area contributed by atoms with Crippen LogP contribution in [0.3, 0.4) is 0 Å². The van der Waals surface area contributed by atoms with Crippen molar-refractivity contribution in [3.8, 4) is 11.3 Å². The van der Waals surface area contributed by atoms with Crippen molar-refractivity contribution in [1.29, 1.82) is 0 Å². The van der Waals surface area contributed by atoms with Crippen LogP contribution in [0.4, 0.5) is 0 Å². The van der Waals surface area contributed by atoms with E-state index in [9.17, 15) is 4.79 Å². The van der Waals surface area contributed by atoms with Gasteiger partial charge in [0.2, 0.25) is 0 Å². The van der Waals surface area contributed by atoms with Crippen LogP contribution in [0.1, 0.15) is 35.8 Å². The van der Waals surface area contributed by atoms with Crippen molar-refractivity contribution in [2.75, 3.05) is 19.6 Å². The molecule has 2 aliphatic rings. The fourth-order valence-electron chi connectivity index (χ4n) is 4.22. The van der Waals surface area contributed by atoms with Gasteiger partial charge in [0.25, 0.3) is 5.91 Å². The zero-order valence-electron chi connectivity index (χ0n) is 15.3. The second-order valence-corrected chi connectivity index (χ2v) is 8.35. The maximum Gasteiger partial charge on any atom is 0.256 e. The van der Waals surface area contributed by atoms with Gasteiger partial charge in [-0.15, -0.1) is 0 Å². The quantitative estimate of drug-likeness (QED) is 0.742. The van der Waals surface area contributed by atoms with E-state index in [2.05, 4.69) is 32.7 Å². The molecule has 0 bridgehead atoms. The predicted molar refractivity (Wildman–Crippen MR) is 107 cm³/mol. The van der Waals surface area contributed by atoms with Gasteiger partial charge in [-0.2, -0.15) is 0 Å². The van der Waals surface area contributed by atoms with Crippen LogP contribution in [0.25, 0.3) is 11.3 Å². The molecule has 26 heavy (non-hydrogen) atoms. The molecule has 2 unspecified atom stereocenters. The maximum atomic E-state index is 13.2. The molecule has 4 nitrogen and oxygen atoms in total. The fourth-order valence-corrected chi connectivity index (χ4v) is 4.62. The Morgan fingerprint density at radius 3 is 2.85 bits per heavy atom. The number of amides is 1. The molecule has 1 amide bonds. The lowest BCUT2D eigenvalue weighted by atomic mass is 10.0. The molecule has 2 fully saturated rings. The molecule has 3 heterocycles. The van der Waals surface area contributed by atoms with Crippen molar-refractivity contribution in [1.82, 2.24) is 14.8 Å². The molecule has 0 spiro atoms. The van der Waals surface area contributed by atoms with Crippen molar-refractivity contribution >= 4 is 21.8 Å². The van der Waals surface area contributed by atoms with Gasteiger partial charge in [-0.25, -0.2) is 0 Å². The largest absolute Gasteiger partial charge is 0.333 e. The lowest BCUT2D eigenvalue weighted by Gasteiger charge is -2.42. The minimum Gasteiger partial charge on any atom is -0.333 e. The predicted octanol–water partition coefficient (Wildman–Crippen LogP) is 4.13. The number of benzene rings is 1. The number of piperazine rings is 1.